The topological polar surface area (TPSA) is 37.3 Å². The van der Waals surface area contributed by atoms with Gasteiger partial charge >= 0.3 is 5.97 Å². The van der Waals surface area contributed by atoms with Gasteiger partial charge in [-0.05, 0) is 41.9 Å². The number of fused-ring (bicyclic) bond motifs is 2. The molecule has 1 aromatic rings. The van der Waals surface area contributed by atoms with Gasteiger partial charge in [0.1, 0.15) is 0 Å². The monoisotopic (exact) mass is 222 g/mol. The van der Waals surface area contributed by atoms with Gasteiger partial charge in [-0.3, -0.25) is 4.79 Å². The number of aliphatic carboxylic acids is 1. The molecule has 1 fully saturated rings. The van der Waals surface area contributed by atoms with E-state index in [1.165, 1.54) is 0 Å². The molecular weight excluding hydrogens is 212 g/mol. The summed E-state index contributed by atoms with van der Waals surface area (Å²) in [5.74, 6) is -1.07. The predicted molar refractivity (Wildman–Crippen MR) is 57.4 cm³/mol. The first-order valence-corrected chi connectivity index (χ1v) is 5.53. The molecule has 2 aliphatic carbocycles. The second-order valence-corrected chi connectivity index (χ2v) is 4.99. The lowest BCUT2D eigenvalue weighted by molar-refractivity contribution is -0.138. The van der Waals surface area contributed by atoms with E-state index in [1.54, 1.807) is 0 Å². The van der Waals surface area contributed by atoms with Crippen molar-refractivity contribution in [3.63, 3.8) is 0 Å². The van der Waals surface area contributed by atoms with Gasteiger partial charge in [0.25, 0.3) is 0 Å². The lowest BCUT2D eigenvalue weighted by atomic mass is 9.98. The molecule has 0 aliphatic heterocycles. The summed E-state index contributed by atoms with van der Waals surface area (Å²) in [6, 6.07) is 5.62. The summed E-state index contributed by atoms with van der Waals surface area (Å²) in [6.07, 6.45) is 2.92. The first-order valence-electron chi connectivity index (χ1n) is 5.16. The molecule has 1 atom stereocenters. The van der Waals surface area contributed by atoms with Crippen LogP contribution >= 0.6 is 11.6 Å². The highest BCUT2D eigenvalue weighted by molar-refractivity contribution is 6.31. The van der Waals surface area contributed by atoms with Crippen molar-refractivity contribution in [3.05, 3.63) is 34.3 Å². The molecule has 0 saturated heterocycles. The van der Waals surface area contributed by atoms with Crippen LogP contribution in [0.3, 0.4) is 0 Å². The lowest BCUT2D eigenvalue weighted by Crippen LogP contribution is -2.09. The molecule has 1 unspecified atom stereocenters. The van der Waals surface area contributed by atoms with Crippen LogP contribution in [-0.4, -0.2) is 11.1 Å². The fourth-order valence-corrected chi connectivity index (χ4v) is 3.20. The highest BCUT2D eigenvalue weighted by atomic mass is 35.5. The number of rotatable bonds is 1. The average molecular weight is 223 g/mol. The molecule has 0 amide bonds. The van der Waals surface area contributed by atoms with Crippen molar-refractivity contribution >= 4 is 17.6 Å². The van der Waals surface area contributed by atoms with E-state index in [-0.39, 0.29) is 11.3 Å². The summed E-state index contributed by atoms with van der Waals surface area (Å²) < 4.78 is 0. The fraction of sp³-hybridized carbons (Fsp3) is 0.417. The molecule has 3 rings (SSSR count). The van der Waals surface area contributed by atoms with Gasteiger partial charge in [-0.25, -0.2) is 0 Å². The van der Waals surface area contributed by atoms with Crippen molar-refractivity contribution in [1.29, 1.82) is 0 Å². The van der Waals surface area contributed by atoms with Crippen LogP contribution in [0.2, 0.25) is 5.02 Å². The zero-order chi connectivity index (χ0) is 10.6. The van der Waals surface area contributed by atoms with Gasteiger partial charge in [0.2, 0.25) is 0 Å². The summed E-state index contributed by atoms with van der Waals surface area (Å²) >= 11 is 6.17. The summed E-state index contributed by atoms with van der Waals surface area (Å²) in [7, 11) is 0. The number of carboxylic acid groups (broad SMARTS) is 1. The first kappa shape index (κ1) is 9.22. The van der Waals surface area contributed by atoms with Crippen LogP contribution in [-0.2, 0) is 10.2 Å². The Balaban J connectivity index is 2.20. The molecular formula is C12H11ClO2. The number of halogens is 1. The van der Waals surface area contributed by atoms with Crippen LogP contribution in [0.15, 0.2) is 18.2 Å². The van der Waals surface area contributed by atoms with E-state index in [0.29, 0.717) is 0 Å². The molecule has 2 nitrogen and oxygen atoms in total. The quantitative estimate of drug-likeness (QED) is 0.793. The zero-order valence-corrected chi connectivity index (χ0v) is 8.92. The normalized spacial score (nSPS) is 25.3. The number of benzene rings is 1. The molecule has 78 valence electrons. The second-order valence-electron chi connectivity index (χ2n) is 4.58. The molecule has 0 radical (unpaired) electrons. The Morgan fingerprint density at radius 3 is 2.80 bits per heavy atom. The lowest BCUT2D eigenvalue weighted by Gasteiger charge is -2.08. The smallest absolute Gasteiger partial charge is 0.311 e. The van der Waals surface area contributed by atoms with E-state index < -0.39 is 5.97 Å². The third kappa shape index (κ3) is 1.14. The molecule has 1 aromatic carbocycles. The Hall–Kier alpha value is -1.02. The van der Waals surface area contributed by atoms with Crippen molar-refractivity contribution in [3.8, 4) is 0 Å². The van der Waals surface area contributed by atoms with E-state index >= 15 is 0 Å². The highest BCUT2D eigenvalue weighted by Crippen LogP contribution is 2.62. The maximum Gasteiger partial charge on any atom is 0.311 e. The van der Waals surface area contributed by atoms with Crippen molar-refractivity contribution in [2.75, 3.05) is 0 Å². The third-order valence-corrected chi connectivity index (χ3v) is 4.01. The number of carboxylic acids is 1. The van der Waals surface area contributed by atoms with Crippen LogP contribution in [0, 0.1) is 0 Å². The Kier molecular flexibility index (Phi) is 1.70. The van der Waals surface area contributed by atoms with Crippen molar-refractivity contribution in [2.24, 2.45) is 0 Å². The fourth-order valence-electron chi connectivity index (χ4n) is 2.82. The molecule has 1 N–H and O–H groups in total. The molecule has 3 heteroatoms. The number of hydrogen-bond donors (Lipinski definition) is 1. The van der Waals surface area contributed by atoms with E-state index in [9.17, 15) is 4.79 Å². The second kappa shape index (κ2) is 2.76. The first-order chi connectivity index (χ1) is 7.14. The molecule has 1 spiro atoms. The largest absolute Gasteiger partial charge is 0.481 e. The Bertz CT molecular complexity index is 449. The highest BCUT2D eigenvalue weighted by Gasteiger charge is 2.54. The van der Waals surface area contributed by atoms with Crippen LogP contribution in [0.5, 0.6) is 0 Å². The Morgan fingerprint density at radius 1 is 1.47 bits per heavy atom. The summed E-state index contributed by atoms with van der Waals surface area (Å²) in [4.78, 5) is 11.1. The van der Waals surface area contributed by atoms with Crippen molar-refractivity contribution in [2.45, 2.75) is 30.6 Å². The van der Waals surface area contributed by atoms with Gasteiger partial charge in [-0.2, -0.15) is 0 Å². The SMILES string of the molecule is O=C(O)C1CC2(CC2)c2c(Cl)cccc21. The van der Waals surface area contributed by atoms with Crippen molar-refractivity contribution in [1.82, 2.24) is 0 Å². The van der Waals surface area contributed by atoms with Crippen LogP contribution < -0.4 is 0 Å². The molecule has 0 bridgehead atoms. The molecule has 2 aliphatic rings. The minimum atomic E-state index is -0.720. The Morgan fingerprint density at radius 2 is 2.20 bits per heavy atom. The van der Waals surface area contributed by atoms with Gasteiger partial charge in [-0.1, -0.05) is 23.7 Å². The number of carbonyl (C=O) groups is 1. The van der Waals surface area contributed by atoms with Gasteiger partial charge < -0.3 is 5.11 Å². The van der Waals surface area contributed by atoms with Crippen LogP contribution in [0.25, 0.3) is 0 Å². The standard InChI is InChI=1S/C12H11ClO2/c13-9-3-1-2-7-8(11(14)15)6-12(4-5-12)10(7)9/h1-3,8H,4-6H2,(H,14,15). The van der Waals surface area contributed by atoms with Crippen LogP contribution in [0.1, 0.15) is 36.3 Å². The number of hydrogen-bond acceptors (Lipinski definition) is 1. The minimum absolute atomic E-state index is 0.108. The minimum Gasteiger partial charge on any atom is -0.481 e. The maximum atomic E-state index is 11.1. The molecule has 15 heavy (non-hydrogen) atoms. The van der Waals surface area contributed by atoms with Gasteiger partial charge in [0.15, 0.2) is 0 Å². The van der Waals surface area contributed by atoms with Gasteiger partial charge in [0, 0.05) is 5.02 Å². The Labute approximate surface area is 92.9 Å². The van der Waals surface area contributed by atoms with Crippen LogP contribution in [0.4, 0.5) is 0 Å². The summed E-state index contributed by atoms with van der Waals surface area (Å²) in [5.41, 5.74) is 2.16. The molecule has 0 heterocycles. The van der Waals surface area contributed by atoms with Gasteiger partial charge in [0.05, 0.1) is 5.92 Å². The van der Waals surface area contributed by atoms with E-state index in [1.807, 2.05) is 18.2 Å². The summed E-state index contributed by atoms with van der Waals surface area (Å²) in [5, 5.41) is 9.91. The molecule has 0 aromatic heterocycles. The predicted octanol–water partition coefficient (Wildman–Crippen LogP) is 2.94. The van der Waals surface area contributed by atoms with Gasteiger partial charge in [-0.15, -0.1) is 0 Å². The van der Waals surface area contributed by atoms with Crippen molar-refractivity contribution < 1.29 is 9.90 Å². The van der Waals surface area contributed by atoms with E-state index in [4.69, 9.17) is 16.7 Å². The summed E-state index contributed by atoms with van der Waals surface area (Å²) in [6.45, 7) is 0. The van der Waals surface area contributed by atoms with E-state index in [2.05, 4.69) is 0 Å². The third-order valence-electron chi connectivity index (χ3n) is 3.70. The molecule has 1 saturated carbocycles. The maximum absolute atomic E-state index is 11.1. The van der Waals surface area contributed by atoms with E-state index in [0.717, 1.165) is 35.4 Å². The average Bonchev–Trinajstić information content (AvgIpc) is 2.84. The zero-order valence-electron chi connectivity index (χ0n) is 8.16.